The van der Waals surface area contributed by atoms with Crippen molar-refractivity contribution < 1.29 is 4.79 Å². The fourth-order valence-electron chi connectivity index (χ4n) is 1.77. The van der Waals surface area contributed by atoms with Crippen LogP contribution in [-0.4, -0.2) is 38.9 Å². The summed E-state index contributed by atoms with van der Waals surface area (Å²) in [5, 5.41) is 0. The van der Waals surface area contributed by atoms with Crippen molar-refractivity contribution in [1.29, 1.82) is 0 Å². The van der Waals surface area contributed by atoms with E-state index < -0.39 is 0 Å². The Balaban J connectivity index is 2.05. The van der Waals surface area contributed by atoms with E-state index in [1.165, 1.54) is 4.46 Å². The number of benzene rings is 1. The van der Waals surface area contributed by atoms with Gasteiger partial charge in [0.15, 0.2) is 0 Å². The molecule has 0 aromatic heterocycles. The summed E-state index contributed by atoms with van der Waals surface area (Å²) < 4.78 is 1.32. The molecule has 1 unspecified atom stereocenters. The summed E-state index contributed by atoms with van der Waals surface area (Å²) in [6.45, 7) is 2.12. The van der Waals surface area contributed by atoms with E-state index in [9.17, 15) is 4.79 Å². The maximum atomic E-state index is 11.9. The topological polar surface area (TPSA) is 20.3 Å². The van der Waals surface area contributed by atoms with Crippen LogP contribution >= 0.6 is 0 Å². The summed E-state index contributed by atoms with van der Waals surface area (Å²) in [7, 11) is 1.91. The number of carbonyl (C=O) groups excluding carboxylic acids is 1. The van der Waals surface area contributed by atoms with Gasteiger partial charge in [-0.2, -0.15) is 0 Å². The van der Waals surface area contributed by atoms with E-state index >= 15 is 0 Å². The molecule has 1 saturated heterocycles. The van der Waals surface area contributed by atoms with Gasteiger partial charge < -0.3 is 0 Å². The first-order valence-electron chi connectivity index (χ1n) is 5.17. The molecular formula is C12H15NOSe. The molecule has 0 spiro atoms. The van der Waals surface area contributed by atoms with Crippen molar-refractivity contribution in [3.05, 3.63) is 30.3 Å². The van der Waals surface area contributed by atoms with Crippen LogP contribution in [0.5, 0.6) is 0 Å². The summed E-state index contributed by atoms with van der Waals surface area (Å²) in [5.41, 5.74) is 0. The fraction of sp³-hybridized carbons (Fsp3) is 0.417. The van der Waals surface area contributed by atoms with E-state index in [1.807, 2.05) is 30.1 Å². The van der Waals surface area contributed by atoms with Crippen LogP contribution in [0.3, 0.4) is 0 Å². The maximum absolute atomic E-state index is 11.9. The Bertz CT molecular complexity index is 352. The number of hydrogen-bond acceptors (Lipinski definition) is 1. The summed E-state index contributed by atoms with van der Waals surface area (Å²) >= 11 is 0.289. The molecule has 15 heavy (non-hydrogen) atoms. The molecule has 0 radical (unpaired) electrons. The van der Waals surface area contributed by atoms with E-state index in [2.05, 4.69) is 19.1 Å². The molecular weight excluding hydrogens is 253 g/mol. The number of hydrogen-bond donors (Lipinski definition) is 0. The SMILES string of the molecule is C[C@H]1CC([Se]c2ccccc2)C(=O)N1C. The van der Waals surface area contributed by atoms with Crippen molar-refractivity contribution in [2.75, 3.05) is 7.05 Å². The molecule has 1 aliphatic rings. The number of amides is 1. The monoisotopic (exact) mass is 269 g/mol. The third-order valence-corrected chi connectivity index (χ3v) is 5.43. The summed E-state index contributed by atoms with van der Waals surface area (Å²) in [5.74, 6) is 0.325. The van der Waals surface area contributed by atoms with Crippen LogP contribution in [0.1, 0.15) is 13.3 Å². The van der Waals surface area contributed by atoms with Crippen molar-refractivity contribution in [2.45, 2.75) is 24.2 Å². The van der Waals surface area contributed by atoms with Gasteiger partial charge in [-0.25, -0.2) is 0 Å². The molecule has 1 amide bonds. The van der Waals surface area contributed by atoms with Gasteiger partial charge in [0.25, 0.3) is 0 Å². The number of carbonyl (C=O) groups is 1. The van der Waals surface area contributed by atoms with Crippen molar-refractivity contribution >= 4 is 25.3 Å². The van der Waals surface area contributed by atoms with Gasteiger partial charge in [-0.05, 0) is 0 Å². The molecule has 1 fully saturated rings. The van der Waals surface area contributed by atoms with E-state index in [0.717, 1.165) is 6.42 Å². The second kappa shape index (κ2) is 4.38. The molecule has 0 N–H and O–H groups in total. The summed E-state index contributed by atoms with van der Waals surface area (Å²) in [6.07, 6.45) is 1.02. The molecule has 1 aromatic rings. The van der Waals surface area contributed by atoms with E-state index in [1.54, 1.807) is 0 Å². The first kappa shape index (κ1) is 10.7. The van der Waals surface area contributed by atoms with Crippen molar-refractivity contribution in [3.8, 4) is 0 Å². The van der Waals surface area contributed by atoms with Crippen LogP contribution in [0.4, 0.5) is 0 Å². The van der Waals surface area contributed by atoms with Gasteiger partial charge in [0.05, 0.1) is 0 Å². The average Bonchev–Trinajstić information content (AvgIpc) is 2.48. The zero-order valence-electron chi connectivity index (χ0n) is 9.01. The van der Waals surface area contributed by atoms with Crippen LogP contribution in [0.25, 0.3) is 0 Å². The molecule has 1 heterocycles. The summed E-state index contributed by atoms with van der Waals surface area (Å²) in [4.78, 5) is 14.0. The predicted octanol–water partition coefficient (Wildman–Crippen LogP) is 1.06. The fourth-order valence-corrected chi connectivity index (χ4v) is 4.47. The van der Waals surface area contributed by atoms with Gasteiger partial charge in [0, 0.05) is 0 Å². The second-order valence-electron chi connectivity index (χ2n) is 3.95. The molecule has 1 aliphatic heterocycles. The third-order valence-electron chi connectivity index (χ3n) is 2.86. The molecule has 0 saturated carbocycles. The summed E-state index contributed by atoms with van der Waals surface area (Å²) in [6, 6.07) is 10.8. The van der Waals surface area contributed by atoms with Gasteiger partial charge >= 0.3 is 96.6 Å². The Hall–Kier alpha value is -0.791. The Kier molecular flexibility index (Phi) is 3.13. The average molecular weight is 268 g/mol. The van der Waals surface area contributed by atoms with Gasteiger partial charge in [-0.1, -0.05) is 0 Å². The van der Waals surface area contributed by atoms with Gasteiger partial charge in [-0.15, -0.1) is 0 Å². The molecule has 1 aromatic carbocycles. The first-order valence-corrected chi connectivity index (χ1v) is 7.01. The zero-order chi connectivity index (χ0) is 10.8. The van der Waals surface area contributed by atoms with Crippen LogP contribution in [0.15, 0.2) is 30.3 Å². The number of rotatable bonds is 2. The zero-order valence-corrected chi connectivity index (χ0v) is 10.7. The molecule has 2 nitrogen and oxygen atoms in total. The second-order valence-corrected chi connectivity index (χ2v) is 6.63. The van der Waals surface area contributed by atoms with Gasteiger partial charge in [0.1, 0.15) is 0 Å². The van der Waals surface area contributed by atoms with Gasteiger partial charge in [-0.3, -0.25) is 0 Å². The standard InChI is InChI=1S/C12H15NOSe/c1-9-8-11(12(14)13(9)2)15-10-6-4-3-5-7-10/h3-7,9,11H,8H2,1-2H3/t9-,11?/m0/s1. The molecule has 2 atom stereocenters. The molecule has 80 valence electrons. The van der Waals surface area contributed by atoms with Crippen LogP contribution in [-0.2, 0) is 4.79 Å². The normalized spacial score (nSPS) is 26.0. The number of likely N-dealkylation sites (tertiary alicyclic amines) is 1. The number of nitrogens with zero attached hydrogens (tertiary/aromatic N) is 1. The Morgan fingerprint density at radius 3 is 2.53 bits per heavy atom. The van der Waals surface area contributed by atoms with Crippen molar-refractivity contribution in [2.24, 2.45) is 0 Å². The Labute approximate surface area is 96.8 Å². The quantitative estimate of drug-likeness (QED) is 0.734. The van der Waals surface area contributed by atoms with Crippen LogP contribution in [0, 0.1) is 0 Å². The minimum absolute atomic E-state index is 0.250. The van der Waals surface area contributed by atoms with Crippen LogP contribution < -0.4 is 4.46 Å². The van der Waals surface area contributed by atoms with Crippen molar-refractivity contribution in [3.63, 3.8) is 0 Å². The molecule has 2 rings (SSSR count). The molecule has 3 heteroatoms. The minimum atomic E-state index is 0.250. The Morgan fingerprint density at radius 1 is 1.33 bits per heavy atom. The predicted molar refractivity (Wildman–Crippen MR) is 62.4 cm³/mol. The Morgan fingerprint density at radius 2 is 2.00 bits per heavy atom. The van der Waals surface area contributed by atoms with E-state index in [-0.39, 0.29) is 19.8 Å². The van der Waals surface area contributed by atoms with E-state index in [4.69, 9.17) is 0 Å². The van der Waals surface area contributed by atoms with E-state index in [0.29, 0.717) is 11.9 Å². The first-order chi connectivity index (χ1) is 7.18. The molecule has 0 aliphatic carbocycles. The third kappa shape index (κ3) is 2.24. The van der Waals surface area contributed by atoms with Crippen molar-refractivity contribution in [1.82, 2.24) is 4.90 Å². The molecule has 0 bridgehead atoms. The van der Waals surface area contributed by atoms with Crippen LogP contribution in [0.2, 0.25) is 4.82 Å². The van der Waals surface area contributed by atoms with Gasteiger partial charge in [0.2, 0.25) is 0 Å².